The zero-order chi connectivity index (χ0) is 22.8. The van der Waals surface area contributed by atoms with Crippen LogP contribution in [0.5, 0.6) is 17.2 Å². The van der Waals surface area contributed by atoms with Crippen LogP contribution in [0.3, 0.4) is 0 Å². The second-order valence-corrected chi connectivity index (χ2v) is 8.49. The van der Waals surface area contributed by atoms with Gasteiger partial charge >= 0.3 is 0 Å². The van der Waals surface area contributed by atoms with E-state index >= 15 is 0 Å². The minimum absolute atomic E-state index is 0.00152. The van der Waals surface area contributed by atoms with Gasteiger partial charge in [-0.15, -0.1) is 0 Å². The molecular weight excluding hydrogens is 414 g/mol. The number of hydrogen-bond donors (Lipinski definition) is 0. The second-order valence-electron chi connectivity index (χ2n) is 8.49. The smallest absolute Gasteiger partial charge is 0.260 e. The number of rotatable bonds is 3. The number of nitrogens with zero attached hydrogens (tertiary/aromatic N) is 3. The number of amides is 1. The molecule has 0 N–H and O–H groups in total. The number of aliphatic imine (C=N–C) groups is 1. The SMILES string of the molecule is Cc1ccc2c(c1)Oc1ccccc1C(N1CCN(C(=O)COc3ccccc3)[C@H](C)C1)=N2. The first-order valence-electron chi connectivity index (χ1n) is 11.3. The third-order valence-electron chi connectivity index (χ3n) is 6.04. The van der Waals surface area contributed by atoms with Crippen molar-refractivity contribution in [3.05, 3.63) is 83.9 Å². The molecule has 6 nitrogen and oxygen atoms in total. The monoisotopic (exact) mass is 441 g/mol. The van der Waals surface area contributed by atoms with E-state index in [1.54, 1.807) is 0 Å². The molecule has 168 valence electrons. The summed E-state index contributed by atoms with van der Waals surface area (Å²) >= 11 is 0. The van der Waals surface area contributed by atoms with Crippen molar-refractivity contribution >= 4 is 17.4 Å². The van der Waals surface area contributed by atoms with Gasteiger partial charge in [0, 0.05) is 25.7 Å². The van der Waals surface area contributed by atoms with Crippen LogP contribution in [0.1, 0.15) is 18.1 Å². The lowest BCUT2D eigenvalue weighted by Gasteiger charge is -2.41. The number of amidine groups is 1. The van der Waals surface area contributed by atoms with E-state index in [-0.39, 0.29) is 18.6 Å². The van der Waals surface area contributed by atoms with Gasteiger partial charge in [-0.05, 0) is 55.8 Å². The van der Waals surface area contributed by atoms with Crippen molar-refractivity contribution in [3.63, 3.8) is 0 Å². The number of carbonyl (C=O) groups is 1. The number of carbonyl (C=O) groups excluding carboxylic acids is 1. The molecule has 6 heteroatoms. The fourth-order valence-electron chi connectivity index (χ4n) is 4.33. The minimum atomic E-state index is -0.00152. The first-order valence-corrected chi connectivity index (χ1v) is 11.3. The van der Waals surface area contributed by atoms with Crippen LogP contribution in [0.4, 0.5) is 5.69 Å². The van der Waals surface area contributed by atoms with Crippen LogP contribution >= 0.6 is 0 Å². The van der Waals surface area contributed by atoms with E-state index in [9.17, 15) is 4.79 Å². The van der Waals surface area contributed by atoms with Crippen LogP contribution in [-0.2, 0) is 4.79 Å². The summed E-state index contributed by atoms with van der Waals surface area (Å²) in [4.78, 5) is 22.0. The molecule has 2 aliphatic rings. The third kappa shape index (κ3) is 4.42. The Morgan fingerprint density at radius 2 is 1.82 bits per heavy atom. The highest BCUT2D eigenvalue weighted by Crippen LogP contribution is 2.38. The van der Waals surface area contributed by atoms with E-state index in [0.29, 0.717) is 25.4 Å². The first-order chi connectivity index (χ1) is 16.1. The normalized spacial score (nSPS) is 17.3. The topological polar surface area (TPSA) is 54.4 Å². The van der Waals surface area contributed by atoms with Crippen LogP contribution in [0.15, 0.2) is 77.8 Å². The fourth-order valence-corrected chi connectivity index (χ4v) is 4.33. The molecular formula is C27H27N3O3. The van der Waals surface area contributed by atoms with Gasteiger partial charge in [0.05, 0.1) is 5.56 Å². The predicted molar refractivity (Wildman–Crippen MR) is 129 cm³/mol. The van der Waals surface area contributed by atoms with Gasteiger partial charge in [-0.3, -0.25) is 4.79 Å². The summed E-state index contributed by atoms with van der Waals surface area (Å²) in [6.45, 7) is 6.15. The summed E-state index contributed by atoms with van der Waals surface area (Å²) in [5, 5.41) is 0. The molecule has 0 aromatic heterocycles. The number of para-hydroxylation sites is 2. The number of hydrogen-bond acceptors (Lipinski definition) is 5. The number of ether oxygens (including phenoxy) is 2. The molecule has 0 spiro atoms. The van der Waals surface area contributed by atoms with E-state index in [1.807, 2.05) is 84.6 Å². The maximum absolute atomic E-state index is 12.8. The lowest BCUT2D eigenvalue weighted by atomic mass is 10.1. The minimum Gasteiger partial charge on any atom is -0.484 e. The van der Waals surface area contributed by atoms with Gasteiger partial charge in [0.2, 0.25) is 0 Å². The van der Waals surface area contributed by atoms with Gasteiger partial charge in [0.15, 0.2) is 12.4 Å². The van der Waals surface area contributed by atoms with Crippen molar-refractivity contribution in [2.45, 2.75) is 19.9 Å². The molecule has 5 rings (SSSR count). The molecule has 33 heavy (non-hydrogen) atoms. The summed E-state index contributed by atoms with van der Waals surface area (Å²) < 4.78 is 11.9. The van der Waals surface area contributed by atoms with Crippen molar-refractivity contribution in [1.82, 2.24) is 9.80 Å². The molecule has 2 heterocycles. The molecule has 1 saturated heterocycles. The van der Waals surface area contributed by atoms with Crippen molar-refractivity contribution in [2.75, 3.05) is 26.2 Å². The first kappa shape index (κ1) is 21.1. The molecule has 3 aromatic rings. The number of fused-ring (bicyclic) bond motifs is 2. The Morgan fingerprint density at radius 3 is 2.64 bits per heavy atom. The summed E-state index contributed by atoms with van der Waals surface area (Å²) in [5.74, 6) is 3.14. The predicted octanol–water partition coefficient (Wildman–Crippen LogP) is 4.79. The fraction of sp³-hybridized carbons (Fsp3) is 0.259. The highest BCUT2D eigenvalue weighted by Gasteiger charge is 2.31. The molecule has 1 atom stereocenters. The van der Waals surface area contributed by atoms with Crippen LogP contribution in [-0.4, -0.2) is 53.8 Å². The zero-order valence-corrected chi connectivity index (χ0v) is 18.9. The van der Waals surface area contributed by atoms with E-state index in [2.05, 4.69) is 11.8 Å². The van der Waals surface area contributed by atoms with Gasteiger partial charge in [-0.25, -0.2) is 4.99 Å². The van der Waals surface area contributed by atoms with Crippen LogP contribution in [0.2, 0.25) is 0 Å². The van der Waals surface area contributed by atoms with E-state index in [0.717, 1.165) is 34.1 Å². The van der Waals surface area contributed by atoms with Crippen LogP contribution in [0.25, 0.3) is 0 Å². The van der Waals surface area contributed by atoms with E-state index in [4.69, 9.17) is 14.5 Å². The Morgan fingerprint density at radius 1 is 1.03 bits per heavy atom. The Bertz CT molecular complexity index is 1190. The van der Waals surface area contributed by atoms with Gasteiger partial charge in [0.1, 0.15) is 23.0 Å². The quantitative estimate of drug-likeness (QED) is 0.586. The molecule has 0 radical (unpaired) electrons. The number of aryl methyl sites for hydroxylation is 1. The Hall–Kier alpha value is -3.80. The molecule has 1 fully saturated rings. The lowest BCUT2D eigenvalue weighted by Crippen LogP contribution is -2.56. The van der Waals surface area contributed by atoms with E-state index < -0.39 is 0 Å². The summed E-state index contributed by atoms with van der Waals surface area (Å²) in [6, 6.07) is 23.5. The number of piperazine rings is 1. The average molecular weight is 442 g/mol. The van der Waals surface area contributed by atoms with Gasteiger partial charge in [0.25, 0.3) is 5.91 Å². The molecule has 0 saturated carbocycles. The average Bonchev–Trinajstić information content (AvgIpc) is 2.99. The summed E-state index contributed by atoms with van der Waals surface area (Å²) in [7, 11) is 0. The molecule has 0 unspecified atom stereocenters. The Balaban J connectivity index is 1.35. The molecule has 2 aliphatic heterocycles. The molecule has 0 bridgehead atoms. The Labute approximate surface area is 194 Å². The van der Waals surface area contributed by atoms with Crippen LogP contribution in [0, 0.1) is 6.92 Å². The Kier molecular flexibility index (Phi) is 5.73. The third-order valence-corrected chi connectivity index (χ3v) is 6.04. The standard InChI is InChI=1S/C27H27N3O3/c1-19-12-13-23-25(16-19)33-24-11-7-6-10-22(24)27(28-23)29-14-15-30(20(2)17-29)26(31)18-32-21-8-4-3-5-9-21/h3-13,16,20H,14-15,17-18H2,1-2H3/t20-/m1/s1. The van der Waals surface area contributed by atoms with Crippen molar-refractivity contribution in [3.8, 4) is 17.2 Å². The zero-order valence-electron chi connectivity index (χ0n) is 18.9. The molecule has 0 aliphatic carbocycles. The van der Waals surface area contributed by atoms with Crippen molar-refractivity contribution in [1.29, 1.82) is 0 Å². The summed E-state index contributed by atoms with van der Waals surface area (Å²) in [6.07, 6.45) is 0. The maximum atomic E-state index is 12.8. The number of benzene rings is 3. The van der Waals surface area contributed by atoms with Crippen LogP contribution < -0.4 is 9.47 Å². The lowest BCUT2D eigenvalue weighted by molar-refractivity contribution is -0.137. The highest BCUT2D eigenvalue weighted by atomic mass is 16.5. The molecule has 1 amide bonds. The van der Waals surface area contributed by atoms with Crippen molar-refractivity contribution < 1.29 is 14.3 Å². The van der Waals surface area contributed by atoms with Gasteiger partial charge < -0.3 is 19.3 Å². The van der Waals surface area contributed by atoms with Gasteiger partial charge in [-0.2, -0.15) is 0 Å². The molecule has 3 aromatic carbocycles. The van der Waals surface area contributed by atoms with Crippen molar-refractivity contribution in [2.24, 2.45) is 4.99 Å². The highest BCUT2D eigenvalue weighted by molar-refractivity contribution is 6.04. The van der Waals surface area contributed by atoms with Gasteiger partial charge in [-0.1, -0.05) is 36.4 Å². The summed E-state index contributed by atoms with van der Waals surface area (Å²) in [5.41, 5.74) is 2.91. The largest absolute Gasteiger partial charge is 0.484 e. The second kappa shape index (κ2) is 8.98. The van der Waals surface area contributed by atoms with E-state index in [1.165, 1.54) is 0 Å². The maximum Gasteiger partial charge on any atom is 0.260 e.